The molecule has 0 unspecified atom stereocenters. The summed E-state index contributed by atoms with van der Waals surface area (Å²) in [7, 11) is 0. The van der Waals surface area contributed by atoms with Crippen LogP contribution in [0.1, 0.15) is 57.7 Å². The number of carboxylic acid groups (broad SMARTS) is 1. The standard InChI is InChI=1S/C16H23NO4/c1-10(2)11-6-8-12(9-7-11)13(14(18)19)17-15(20)21-16(3,4)5/h6-10,13H,1-5H3,(H,17,20)(H,18,19)/t13-/m1/s1. The Morgan fingerprint density at radius 2 is 1.57 bits per heavy atom. The molecule has 0 bridgehead atoms. The number of carbonyl (C=O) groups is 2. The van der Waals surface area contributed by atoms with E-state index in [9.17, 15) is 14.7 Å². The smallest absolute Gasteiger partial charge is 0.408 e. The maximum absolute atomic E-state index is 11.7. The Morgan fingerprint density at radius 1 is 1.10 bits per heavy atom. The Balaban J connectivity index is 2.87. The van der Waals surface area contributed by atoms with Crippen molar-refractivity contribution in [1.29, 1.82) is 0 Å². The maximum atomic E-state index is 11.7. The molecule has 0 saturated heterocycles. The highest BCUT2D eigenvalue weighted by atomic mass is 16.6. The third-order valence-electron chi connectivity index (χ3n) is 2.84. The molecule has 0 saturated carbocycles. The van der Waals surface area contributed by atoms with Gasteiger partial charge in [0.2, 0.25) is 0 Å². The van der Waals surface area contributed by atoms with Crippen LogP contribution in [0.25, 0.3) is 0 Å². The number of hydrogen-bond acceptors (Lipinski definition) is 3. The lowest BCUT2D eigenvalue weighted by Crippen LogP contribution is -2.38. The number of rotatable bonds is 4. The number of carbonyl (C=O) groups excluding carboxylic acids is 1. The minimum Gasteiger partial charge on any atom is -0.479 e. The number of hydrogen-bond donors (Lipinski definition) is 2. The van der Waals surface area contributed by atoms with E-state index in [1.54, 1.807) is 32.9 Å². The van der Waals surface area contributed by atoms with Crippen molar-refractivity contribution in [1.82, 2.24) is 5.32 Å². The summed E-state index contributed by atoms with van der Waals surface area (Å²) >= 11 is 0. The Hall–Kier alpha value is -2.04. The van der Waals surface area contributed by atoms with Crippen molar-refractivity contribution >= 4 is 12.1 Å². The Labute approximate surface area is 125 Å². The normalized spacial score (nSPS) is 12.9. The summed E-state index contributed by atoms with van der Waals surface area (Å²) in [6, 6.07) is 6.04. The first-order chi connectivity index (χ1) is 9.60. The average molecular weight is 293 g/mol. The van der Waals surface area contributed by atoms with Crippen LogP contribution in [0.4, 0.5) is 4.79 Å². The zero-order valence-corrected chi connectivity index (χ0v) is 13.1. The van der Waals surface area contributed by atoms with E-state index in [1.807, 2.05) is 12.1 Å². The predicted octanol–water partition coefficient (Wildman–Crippen LogP) is 3.46. The van der Waals surface area contributed by atoms with E-state index < -0.39 is 23.7 Å². The van der Waals surface area contributed by atoms with Crippen molar-refractivity contribution in [2.75, 3.05) is 0 Å². The van der Waals surface area contributed by atoms with Crippen LogP contribution in [0.5, 0.6) is 0 Å². The third kappa shape index (κ3) is 5.45. The summed E-state index contributed by atoms with van der Waals surface area (Å²) in [5.41, 5.74) is 0.951. The van der Waals surface area contributed by atoms with Crippen LogP contribution in [-0.2, 0) is 9.53 Å². The monoisotopic (exact) mass is 293 g/mol. The molecule has 0 aliphatic heterocycles. The van der Waals surface area contributed by atoms with Crippen LogP contribution in [0.3, 0.4) is 0 Å². The van der Waals surface area contributed by atoms with Gasteiger partial charge in [-0.1, -0.05) is 38.1 Å². The average Bonchev–Trinajstić information content (AvgIpc) is 2.33. The van der Waals surface area contributed by atoms with Crippen molar-refractivity contribution in [3.05, 3.63) is 35.4 Å². The summed E-state index contributed by atoms with van der Waals surface area (Å²) in [6.07, 6.45) is -0.747. The van der Waals surface area contributed by atoms with Crippen LogP contribution < -0.4 is 5.32 Å². The largest absolute Gasteiger partial charge is 0.479 e. The van der Waals surface area contributed by atoms with Crippen molar-refractivity contribution < 1.29 is 19.4 Å². The van der Waals surface area contributed by atoms with Crippen molar-refractivity contribution in [2.24, 2.45) is 0 Å². The van der Waals surface area contributed by atoms with E-state index in [0.29, 0.717) is 11.5 Å². The SMILES string of the molecule is CC(C)c1ccc([C@@H](NC(=O)OC(C)(C)C)C(=O)O)cc1. The molecule has 2 N–H and O–H groups in total. The first kappa shape index (κ1) is 17.0. The molecule has 21 heavy (non-hydrogen) atoms. The number of carboxylic acids is 1. The van der Waals surface area contributed by atoms with Crippen LogP contribution in [0.15, 0.2) is 24.3 Å². The molecule has 5 nitrogen and oxygen atoms in total. The molecule has 0 aliphatic rings. The van der Waals surface area contributed by atoms with Crippen molar-refractivity contribution in [2.45, 2.75) is 52.2 Å². The van der Waals surface area contributed by atoms with E-state index >= 15 is 0 Å². The molecular weight excluding hydrogens is 270 g/mol. The van der Waals surface area contributed by atoms with Gasteiger partial charge in [-0.25, -0.2) is 9.59 Å². The molecule has 0 spiro atoms. The van der Waals surface area contributed by atoms with E-state index in [4.69, 9.17) is 4.74 Å². The predicted molar refractivity (Wildman–Crippen MR) is 80.3 cm³/mol. The minimum absolute atomic E-state index is 0.362. The summed E-state index contributed by atoms with van der Waals surface area (Å²) < 4.78 is 5.09. The fourth-order valence-corrected chi connectivity index (χ4v) is 1.79. The topological polar surface area (TPSA) is 75.6 Å². The molecule has 1 aromatic rings. The number of ether oxygens (including phenoxy) is 1. The second kappa shape index (κ2) is 6.61. The summed E-state index contributed by atoms with van der Waals surface area (Å²) in [4.78, 5) is 23.1. The highest BCUT2D eigenvalue weighted by molar-refractivity contribution is 5.81. The second-order valence-electron chi connectivity index (χ2n) is 6.24. The van der Waals surface area contributed by atoms with Gasteiger partial charge in [-0.2, -0.15) is 0 Å². The molecule has 0 heterocycles. The lowest BCUT2D eigenvalue weighted by Gasteiger charge is -2.22. The van der Waals surface area contributed by atoms with Gasteiger partial charge in [0.25, 0.3) is 0 Å². The molecule has 1 aromatic carbocycles. The molecule has 0 aliphatic carbocycles. The van der Waals surface area contributed by atoms with Gasteiger partial charge in [0.1, 0.15) is 5.60 Å². The van der Waals surface area contributed by atoms with Gasteiger partial charge < -0.3 is 15.2 Å². The van der Waals surface area contributed by atoms with Crippen LogP contribution >= 0.6 is 0 Å². The number of alkyl carbamates (subject to hydrolysis) is 1. The fourth-order valence-electron chi connectivity index (χ4n) is 1.79. The summed E-state index contributed by atoms with van der Waals surface area (Å²) in [5, 5.41) is 11.7. The van der Waals surface area contributed by atoms with Gasteiger partial charge in [-0.05, 0) is 37.8 Å². The number of benzene rings is 1. The number of aliphatic carboxylic acids is 1. The summed E-state index contributed by atoms with van der Waals surface area (Å²) in [5.74, 6) is -0.765. The van der Waals surface area contributed by atoms with Gasteiger partial charge in [0.15, 0.2) is 6.04 Å². The molecule has 0 radical (unpaired) electrons. The van der Waals surface area contributed by atoms with Crippen molar-refractivity contribution in [3.8, 4) is 0 Å². The van der Waals surface area contributed by atoms with E-state index in [0.717, 1.165) is 5.56 Å². The quantitative estimate of drug-likeness (QED) is 0.891. The number of amides is 1. The van der Waals surface area contributed by atoms with Crippen LogP contribution in [0, 0.1) is 0 Å². The lowest BCUT2D eigenvalue weighted by molar-refractivity contribution is -0.139. The Morgan fingerprint density at radius 3 is 1.95 bits per heavy atom. The van der Waals surface area contributed by atoms with Gasteiger partial charge in [0.05, 0.1) is 0 Å². The zero-order valence-electron chi connectivity index (χ0n) is 13.1. The second-order valence-corrected chi connectivity index (χ2v) is 6.24. The fraction of sp³-hybridized carbons (Fsp3) is 0.500. The molecule has 0 aromatic heterocycles. The highest BCUT2D eigenvalue weighted by Crippen LogP contribution is 2.19. The maximum Gasteiger partial charge on any atom is 0.408 e. The Bertz CT molecular complexity index is 500. The molecule has 1 atom stereocenters. The van der Waals surface area contributed by atoms with Gasteiger partial charge in [0, 0.05) is 0 Å². The molecule has 1 amide bonds. The van der Waals surface area contributed by atoms with Gasteiger partial charge in [-0.15, -0.1) is 0 Å². The molecule has 0 fully saturated rings. The minimum atomic E-state index is -1.13. The number of nitrogens with one attached hydrogen (secondary N) is 1. The van der Waals surface area contributed by atoms with E-state index in [-0.39, 0.29) is 0 Å². The highest BCUT2D eigenvalue weighted by Gasteiger charge is 2.25. The van der Waals surface area contributed by atoms with E-state index in [1.165, 1.54) is 0 Å². The third-order valence-corrected chi connectivity index (χ3v) is 2.84. The molecule has 1 rings (SSSR count). The molecule has 116 valence electrons. The van der Waals surface area contributed by atoms with E-state index in [2.05, 4.69) is 19.2 Å². The van der Waals surface area contributed by atoms with Crippen molar-refractivity contribution in [3.63, 3.8) is 0 Å². The first-order valence-corrected chi connectivity index (χ1v) is 6.92. The van der Waals surface area contributed by atoms with Gasteiger partial charge >= 0.3 is 12.1 Å². The lowest BCUT2D eigenvalue weighted by atomic mass is 9.99. The van der Waals surface area contributed by atoms with Crippen LogP contribution in [0.2, 0.25) is 0 Å². The summed E-state index contributed by atoms with van der Waals surface area (Å²) in [6.45, 7) is 9.28. The molecule has 5 heteroatoms. The Kier molecular flexibility index (Phi) is 5.35. The van der Waals surface area contributed by atoms with Gasteiger partial charge in [-0.3, -0.25) is 0 Å². The van der Waals surface area contributed by atoms with Crippen LogP contribution in [-0.4, -0.2) is 22.8 Å². The zero-order chi connectivity index (χ0) is 16.2. The molecular formula is C16H23NO4. The first-order valence-electron chi connectivity index (χ1n) is 6.92.